The fraction of sp³-hybridized carbons (Fsp3) is 0.733. The van der Waals surface area contributed by atoms with Crippen LogP contribution in [0.3, 0.4) is 0 Å². The Kier molecular flexibility index (Phi) is 7.75. The van der Waals surface area contributed by atoms with Crippen molar-refractivity contribution in [3.05, 3.63) is 21.0 Å². The Morgan fingerprint density at radius 1 is 1.05 bits per heavy atom. The predicted molar refractivity (Wildman–Crippen MR) is 75.1 cm³/mol. The summed E-state index contributed by atoms with van der Waals surface area (Å²) in [5, 5.41) is 0. The number of rotatable bonds is 9. The molecule has 0 aromatic rings. The zero-order chi connectivity index (χ0) is 14.3. The Hall–Kier alpha value is 0.243. The van der Waals surface area contributed by atoms with Crippen LogP contribution < -0.4 is 0 Å². The summed E-state index contributed by atoms with van der Waals surface area (Å²) in [6.45, 7) is 12.5. The molecular weight excluding hydrogens is 319 g/mol. The fourth-order valence-corrected chi connectivity index (χ4v) is 9.75. The zero-order valence-corrected chi connectivity index (χ0v) is 15.5. The van der Waals surface area contributed by atoms with Crippen LogP contribution in [0.25, 0.3) is 0 Å². The molecule has 0 saturated carbocycles. The molecule has 1 atom stereocenters. The minimum atomic E-state index is -3.55. The van der Waals surface area contributed by atoms with Gasteiger partial charge in [0.05, 0.1) is 0 Å². The van der Waals surface area contributed by atoms with Gasteiger partial charge in [-0.15, -0.1) is 0 Å². The molecule has 0 fully saturated rings. The molecule has 0 spiro atoms. The van der Waals surface area contributed by atoms with Crippen LogP contribution in [-0.4, -0.2) is 19.8 Å². The van der Waals surface area contributed by atoms with Crippen molar-refractivity contribution in [1.82, 2.24) is 0 Å². The van der Waals surface area contributed by atoms with Gasteiger partial charge in [-0.2, -0.15) is 0 Å². The van der Waals surface area contributed by atoms with Crippen molar-refractivity contribution in [1.29, 1.82) is 0 Å². The molecule has 1 rings (SSSR count). The summed E-state index contributed by atoms with van der Waals surface area (Å²) >= 11 is -3.55. The third-order valence-electron chi connectivity index (χ3n) is 3.48. The molecule has 0 bridgehead atoms. The maximum absolute atomic E-state index is 6.09. The van der Waals surface area contributed by atoms with Crippen molar-refractivity contribution in [2.24, 2.45) is 5.92 Å². The number of hydrogen-bond acceptors (Lipinski definition) is 3. The number of hydrogen-bond donors (Lipinski definition) is 0. The first-order valence-electron chi connectivity index (χ1n) is 7.46. The molecule has 0 aliphatic heterocycles. The van der Waals surface area contributed by atoms with Gasteiger partial charge < -0.3 is 0 Å². The van der Waals surface area contributed by atoms with Gasteiger partial charge in [-0.05, 0) is 0 Å². The molecule has 4 heteroatoms. The van der Waals surface area contributed by atoms with Crippen molar-refractivity contribution >= 4 is 0 Å². The van der Waals surface area contributed by atoms with Crippen LogP contribution in [-0.2, 0) is 30.0 Å². The van der Waals surface area contributed by atoms with E-state index >= 15 is 0 Å². The van der Waals surface area contributed by atoms with E-state index in [0.717, 1.165) is 12.8 Å². The standard InChI is InChI=1S/C9H13.3C2H5O.Zr/c1-3-8(2)9-6-4-5-7-9;3*1-2-3;/h4,6,8H,3,5H2,1-2H3;3*2H2,1H3;/q;3*-1;+3. The molecule has 110 valence electrons. The van der Waals surface area contributed by atoms with Gasteiger partial charge in [0.15, 0.2) is 0 Å². The van der Waals surface area contributed by atoms with Crippen LogP contribution >= 0.6 is 0 Å². The second-order valence-electron chi connectivity index (χ2n) is 4.70. The van der Waals surface area contributed by atoms with Gasteiger partial charge in [0.2, 0.25) is 0 Å². The first kappa shape index (κ1) is 17.3. The molecule has 0 amide bonds. The van der Waals surface area contributed by atoms with Gasteiger partial charge in [-0.25, -0.2) is 0 Å². The number of allylic oxidation sites excluding steroid dienone is 4. The van der Waals surface area contributed by atoms with Crippen LogP contribution in [0.1, 0.15) is 47.5 Å². The summed E-state index contributed by atoms with van der Waals surface area (Å²) in [5.74, 6) is 0.547. The Morgan fingerprint density at radius 3 is 2.00 bits per heavy atom. The topological polar surface area (TPSA) is 27.7 Å². The Labute approximate surface area is 124 Å². The summed E-state index contributed by atoms with van der Waals surface area (Å²) < 4.78 is 19.6. The average molecular weight is 348 g/mol. The molecule has 0 saturated heterocycles. The van der Waals surface area contributed by atoms with Gasteiger partial charge in [-0.3, -0.25) is 0 Å². The summed E-state index contributed by atoms with van der Waals surface area (Å²) in [6.07, 6.45) is 6.54. The van der Waals surface area contributed by atoms with Gasteiger partial charge in [0.1, 0.15) is 0 Å². The second-order valence-corrected chi connectivity index (χ2v) is 11.1. The van der Waals surface area contributed by atoms with E-state index in [0.29, 0.717) is 25.7 Å². The third kappa shape index (κ3) is 4.10. The first-order chi connectivity index (χ1) is 9.15. The van der Waals surface area contributed by atoms with Crippen LogP contribution in [0.5, 0.6) is 0 Å². The molecule has 0 heterocycles. The van der Waals surface area contributed by atoms with Gasteiger partial charge in [0, 0.05) is 0 Å². The molecule has 0 aromatic heterocycles. The normalized spacial score (nSPS) is 17.3. The van der Waals surface area contributed by atoms with Gasteiger partial charge >= 0.3 is 124 Å². The summed E-state index contributed by atoms with van der Waals surface area (Å²) in [5.41, 5.74) is 1.40. The zero-order valence-electron chi connectivity index (χ0n) is 13.0. The molecule has 1 unspecified atom stereocenters. The van der Waals surface area contributed by atoms with Crippen molar-refractivity contribution in [2.75, 3.05) is 19.8 Å². The van der Waals surface area contributed by atoms with E-state index in [2.05, 4.69) is 26.0 Å². The summed E-state index contributed by atoms with van der Waals surface area (Å²) in [7, 11) is 0. The summed E-state index contributed by atoms with van der Waals surface area (Å²) in [6, 6.07) is 0. The maximum atomic E-state index is 6.09. The van der Waals surface area contributed by atoms with Crippen LogP contribution in [0.2, 0.25) is 0 Å². The van der Waals surface area contributed by atoms with Crippen molar-refractivity contribution in [3.8, 4) is 0 Å². The van der Waals surface area contributed by atoms with Crippen molar-refractivity contribution in [3.63, 3.8) is 0 Å². The minimum absolute atomic E-state index is 0.547. The van der Waals surface area contributed by atoms with Gasteiger partial charge in [-0.1, -0.05) is 0 Å². The van der Waals surface area contributed by atoms with Crippen LogP contribution in [0.15, 0.2) is 21.0 Å². The van der Waals surface area contributed by atoms with E-state index in [-0.39, 0.29) is 0 Å². The van der Waals surface area contributed by atoms with E-state index in [1.807, 2.05) is 20.8 Å². The molecule has 1 aliphatic carbocycles. The third-order valence-corrected chi connectivity index (χ3v) is 11.4. The second kappa shape index (κ2) is 8.51. The molecule has 0 radical (unpaired) electrons. The quantitative estimate of drug-likeness (QED) is 0.624. The molecule has 19 heavy (non-hydrogen) atoms. The summed E-state index contributed by atoms with van der Waals surface area (Å²) in [4.78, 5) is 0. The average Bonchev–Trinajstić information content (AvgIpc) is 2.88. The van der Waals surface area contributed by atoms with Crippen molar-refractivity contribution < 1.29 is 30.0 Å². The van der Waals surface area contributed by atoms with Crippen LogP contribution in [0.4, 0.5) is 0 Å². The first-order valence-corrected chi connectivity index (χ1v) is 11.7. The van der Waals surface area contributed by atoms with Crippen molar-refractivity contribution in [2.45, 2.75) is 47.5 Å². The van der Waals surface area contributed by atoms with E-state index < -0.39 is 21.6 Å². The monoisotopic (exact) mass is 346 g/mol. The van der Waals surface area contributed by atoms with E-state index in [1.165, 1.54) is 8.85 Å². The van der Waals surface area contributed by atoms with Gasteiger partial charge in [0.25, 0.3) is 0 Å². The van der Waals surface area contributed by atoms with Crippen LogP contribution in [0, 0.1) is 5.92 Å². The molecule has 0 aromatic carbocycles. The predicted octanol–water partition coefficient (Wildman–Crippen LogP) is 4.25. The Bertz CT molecular complexity index is 319. The molecule has 0 N–H and O–H groups in total. The van der Waals surface area contributed by atoms with E-state index in [1.54, 1.807) is 0 Å². The molecule has 1 aliphatic rings. The molecular formula is C15H28O3Zr. The van der Waals surface area contributed by atoms with E-state index in [9.17, 15) is 0 Å². The SMILES string of the molecule is CC[O][Zr]([O]CC)([O]CC)[C]1=C(C(C)CC)C=CC1. The fourth-order valence-electron chi connectivity index (χ4n) is 2.46. The van der Waals surface area contributed by atoms with E-state index in [4.69, 9.17) is 8.44 Å². The molecule has 3 nitrogen and oxygen atoms in total. The Balaban J connectivity index is 3.14. The Morgan fingerprint density at radius 2 is 1.58 bits per heavy atom.